The highest BCUT2D eigenvalue weighted by Crippen LogP contribution is 2.39. The molecule has 5 rings (SSSR count). The van der Waals surface area contributed by atoms with Gasteiger partial charge in [-0.3, -0.25) is 4.79 Å². The Labute approximate surface area is 250 Å². The van der Waals surface area contributed by atoms with Crippen LogP contribution in [0.25, 0.3) is 21.2 Å². The molecule has 1 aliphatic rings. The predicted molar refractivity (Wildman–Crippen MR) is 167 cm³/mol. The number of hydrogen-bond donors (Lipinski definition) is 1. The van der Waals surface area contributed by atoms with Gasteiger partial charge in [0.15, 0.2) is 0 Å². The standard InChI is InChI=1S/C30H26ClFN2O2S.C2H2.CH5N/c1-36-25-15-14-21(20-12-10-19(17-33)11-13-20)16-22(25)18-34(23-6-3-2-4-7-23)30(35)29-28(31)27-24(32)8-5-9-26(27)37-29;2*1-2/h5,8-16,23H,2-4,6-7,18H2,1H3;1-2H;2H2,1H3. The minimum atomic E-state index is -0.418. The molecule has 3 aromatic carbocycles. The fourth-order valence-corrected chi connectivity index (χ4v) is 6.61. The summed E-state index contributed by atoms with van der Waals surface area (Å²) in [6, 6.07) is 20.3. The molecule has 0 unspecified atom stereocenters. The summed E-state index contributed by atoms with van der Waals surface area (Å²) in [5, 5.41) is 9.62. The number of ether oxygens (including phenoxy) is 1. The van der Waals surface area contributed by atoms with Crippen molar-refractivity contribution in [3.63, 3.8) is 0 Å². The normalized spacial score (nSPS) is 12.7. The highest BCUT2D eigenvalue weighted by molar-refractivity contribution is 7.21. The van der Waals surface area contributed by atoms with Crippen molar-refractivity contribution in [3.8, 4) is 35.8 Å². The van der Waals surface area contributed by atoms with Crippen LogP contribution in [-0.4, -0.2) is 31.0 Å². The average Bonchev–Trinajstić information content (AvgIpc) is 3.39. The van der Waals surface area contributed by atoms with Gasteiger partial charge in [-0.15, -0.1) is 24.2 Å². The van der Waals surface area contributed by atoms with Crippen molar-refractivity contribution < 1.29 is 13.9 Å². The van der Waals surface area contributed by atoms with E-state index >= 15 is 0 Å². The van der Waals surface area contributed by atoms with Crippen LogP contribution in [0, 0.1) is 30.0 Å². The van der Waals surface area contributed by atoms with Crippen molar-refractivity contribution in [1.82, 2.24) is 4.90 Å². The van der Waals surface area contributed by atoms with Crippen LogP contribution in [0.5, 0.6) is 5.75 Å². The molecule has 1 aliphatic carbocycles. The van der Waals surface area contributed by atoms with Crippen LogP contribution >= 0.6 is 22.9 Å². The third-order valence-electron chi connectivity index (χ3n) is 7.05. The zero-order chi connectivity index (χ0) is 29.9. The lowest BCUT2D eigenvalue weighted by Gasteiger charge is -2.34. The van der Waals surface area contributed by atoms with Crippen LogP contribution in [0.15, 0.2) is 60.7 Å². The maximum absolute atomic E-state index is 14.5. The maximum atomic E-state index is 14.5. The molecular formula is C33H33ClFN3O2S. The largest absolute Gasteiger partial charge is 0.496 e. The molecule has 41 heavy (non-hydrogen) atoms. The smallest absolute Gasteiger partial charge is 0.266 e. The third-order valence-corrected chi connectivity index (χ3v) is 8.68. The Morgan fingerprint density at radius 3 is 2.37 bits per heavy atom. The fourth-order valence-electron chi connectivity index (χ4n) is 5.10. The van der Waals surface area contributed by atoms with Crippen molar-refractivity contribution >= 4 is 38.9 Å². The van der Waals surface area contributed by atoms with Crippen molar-refractivity contribution in [2.24, 2.45) is 5.73 Å². The number of benzene rings is 3. The van der Waals surface area contributed by atoms with Crippen LogP contribution in [0.2, 0.25) is 5.02 Å². The zero-order valence-corrected chi connectivity index (χ0v) is 24.8. The van der Waals surface area contributed by atoms with Crippen LogP contribution < -0.4 is 10.5 Å². The van der Waals surface area contributed by atoms with Crippen molar-refractivity contribution in [1.29, 1.82) is 5.26 Å². The minimum Gasteiger partial charge on any atom is -0.496 e. The number of fused-ring (bicyclic) bond motifs is 1. The number of amides is 1. The van der Waals surface area contributed by atoms with Crippen molar-refractivity contribution in [2.45, 2.75) is 44.7 Å². The van der Waals surface area contributed by atoms with Gasteiger partial charge in [0.05, 0.1) is 23.8 Å². The topological polar surface area (TPSA) is 79.3 Å². The summed E-state index contributed by atoms with van der Waals surface area (Å²) in [5.41, 5.74) is 7.93. The number of carbonyl (C=O) groups is 1. The predicted octanol–water partition coefficient (Wildman–Crippen LogP) is 8.04. The van der Waals surface area contributed by atoms with Crippen LogP contribution in [0.4, 0.5) is 4.39 Å². The van der Waals surface area contributed by atoms with Gasteiger partial charge in [0, 0.05) is 28.2 Å². The summed E-state index contributed by atoms with van der Waals surface area (Å²) in [6.45, 7) is 0.351. The molecule has 1 amide bonds. The number of terminal acetylenes is 1. The number of halogens is 2. The Kier molecular flexibility index (Phi) is 11.7. The number of carbonyl (C=O) groups excluding carboxylic acids is 1. The Balaban J connectivity index is 0.00000111. The lowest BCUT2D eigenvalue weighted by Crippen LogP contribution is -2.40. The van der Waals surface area contributed by atoms with Gasteiger partial charge in [-0.05, 0) is 67.4 Å². The number of nitrogens with zero attached hydrogens (tertiary/aromatic N) is 2. The van der Waals surface area contributed by atoms with E-state index in [0.717, 1.165) is 48.8 Å². The second kappa shape index (κ2) is 15.2. The molecule has 1 fully saturated rings. The van der Waals surface area contributed by atoms with E-state index in [1.165, 1.54) is 24.5 Å². The van der Waals surface area contributed by atoms with E-state index in [9.17, 15) is 9.18 Å². The number of thiophene rings is 1. The summed E-state index contributed by atoms with van der Waals surface area (Å²) in [6.07, 6.45) is 13.1. The molecule has 0 aliphatic heterocycles. The van der Waals surface area contributed by atoms with E-state index in [1.807, 2.05) is 35.2 Å². The maximum Gasteiger partial charge on any atom is 0.266 e. The fraction of sp³-hybridized carbons (Fsp3) is 0.273. The minimum absolute atomic E-state index is 0.0654. The third kappa shape index (κ3) is 7.07. The summed E-state index contributed by atoms with van der Waals surface area (Å²) in [7, 11) is 3.12. The van der Waals surface area contributed by atoms with E-state index in [2.05, 4.69) is 24.6 Å². The first-order valence-electron chi connectivity index (χ1n) is 13.3. The van der Waals surface area contributed by atoms with Gasteiger partial charge in [-0.1, -0.05) is 55.1 Å². The first kappa shape index (κ1) is 31.6. The summed E-state index contributed by atoms with van der Waals surface area (Å²) >= 11 is 7.85. The molecule has 4 aromatic rings. The molecule has 0 spiro atoms. The van der Waals surface area contributed by atoms with Gasteiger partial charge in [0.1, 0.15) is 16.4 Å². The van der Waals surface area contributed by atoms with Gasteiger partial charge in [0.2, 0.25) is 0 Å². The molecule has 1 heterocycles. The van der Waals surface area contributed by atoms with Crippen LogP contribution in [0.1, 0.15) is 52.9 Å². The Bertz CT molecular complexity index is 1540. The van der Waals surface area contributed by atoms with E-state index in [1.54, 1.807) is 31.4 Å². The van der Waals surface area contributed by atoms with E-state index in [-0.39, 0.29) is 17.0 Å². The molecule has 0 bridgehead atoms. The van der Waals surface area contributed by atoms with Gasteiger partial charge in [0.25, 0.3) is 5.91 Å². The quantitative estimate of drug-likeness (QED) is 0.231. The zero-order valence-electron chi connectivity index (χ0n) is 23.2. The Hall–Kier alpha value is -3.88. The summed E-state index contributed by atoms with van der Waals surface area (Å²) in [4.78, 5) is 16.3. The van der Waals surface area contributed by atoms with Crippen molar-refractivity contribution in [2.75, 3.05) is 14.2 Å². The average molecular weight is 590 g/mol. The monoisotopic (exact) mass is 589 g/mol. The number of rotatable bonds is 6. The van der Waals surface area contributed by atoms with Crippen LogP contribution in [-0.2, 0) is 6.54 Å². The van der Waals surface area contributed by atoms with Crippen LogP contribution in [0.3, 0.4) is 0 Å². The molecule has 5 nitrogen and oxygen atoms in total. The number of nitriles is 1. The highest BCUT2D eigenvalue weighted by Gasteiger charge is 2.31. The SMILES string of the molecule is C#C.CN.COc1ccc(-c2ccc(C#N)cc2)cc1CN(C(=O)c1sc2cccc(F)c2c1Cl)C1CCCCC1. The molecule has 0 radical (unpaired) electrons. The van der Waals surface area contributed by atoms with Gasteiger partial charge in [-0.25, -0.2) is 4.39 Å². The molecular weight excluding hydrogens is 557 g/mol. The molecule has 8 heteroatoms. The highest BCUT2D eigenvalue weighted by atomic mass is 35.5. The molecule has 0 atom stereocenters. The molecule has 2 N–H and O–H groups in total. The van der Waals surface area contributed by atoms with Gasteiger partial charge in [-0.2, -0.15) is 5.26 Å². The number of hydrogen-bond acceptors (Lipinski definition) is 5. The second-order valence-electron chi connectivity index (χ2n) is 9.30. The molecule has 1 saturated carbocycles. The van der Waals surface area contributed by atoms with Gasteiger partial charge >= 0.3 is 0 Å². The lowest BCUT2D eigenvalue weighted by molar-refractivity contribution is 0.0618. The molecule has 212 valence electrons. The van der Waals surface area contributed by atoms with E-state index in [4.69, 9.17) is 21.6 Å². The first-order chi connectivity index (χ1) is 20.0. The molecule has 0 saturated heterocycles. The number of methoxy groups -OCH3 is 1. The van der Waals surface area contributed by atoms with Crippen molar-refractivity contribution in [3.05, 3.63) is 87.5 Å². The molecule has 1 aromatic heterocycles. The Morgan fingerprint density at radius 1 is 1.10 bits per heavy atom. The number of nitrogens with two attached hydrogens (primary N) is 1. The Morgan fingerprint density at radius 2 is 1.76 bits per heavy atom. The van der Waals surface area contributed by atoms with Gasteiger partial charge < -0.3 is 15.4 Å². The lowest BCUT2D eigenvalue weighted by atomic mass is 9.93. The second-order valence-corrected chi connectivity index (χ2v) is 10.7. The first-order valence-corrected chi connectivity index (χ1v) is 14.5. The summed E-state index contributed by atoms with van der Waals surface area (Å²) in [5.74, 6) is 0.0987. The van der Waals surface area contributed by atoms with E-state index in [0.29, 0.717) is 32.8 Å². The summed E-state index contributed by atoms with van der Waals surface area (Å²) < 4.78 is 20.9. The van der Waals surface area contributed by atoms with E-state index < -0.39 is 5.82 Å².